The van der Waals surface area contributed by atoms with Crippen LogP contribution in [0.25, 0.3) is 0 Å². The summed E-state index contributed by atoms with van der Waals surface area (Å²) in [5.41, 5.74) is 0.198. The van der Waals surface area contributed by atoms with E-state index in [4.69, 9.17) is 9.84 Å². The van der Waals surface area contributed by atoms with Crippen LogP contribution >= 0.6 is 0 Å². The molecule has 1 aliphatic heterocycles. The van der Waals surface area contributed by atoms with Crippen LogP contribution in [0.5, 0.6) is 5.75 Å². The largest absolute Gasteiger partial charge is 0.491 e. The monoisotopic (exact) mass is 328 g/mol. The summed E-state index contributed by atoms with van der Waals surface area (Å²) in [6, 6.07) is 8.53. The molecule has 2 aromatic rings. The molecule has 1 aromatic carbocycles. The highest BCUT2D eigenvalue weighted by molar-refractivity contribution is 5.90. The average molecular weight is 328 g/mol. The van der Waals surface area contributed by atoms with Crippen LogP contribution in [0.4, 0.5) is 5.95 Å². The molecule has 7 nitrogen and oxygen atoms in total. The highest BCUT2D eigenvalue weighted by Crippen LogP contribution is 2.17. The van der Waals surface area contributed by atoms with Crippen molar-refractivity contribution in [2.24, 2.45) is 0 Å². The maximum atomic E-state index is 11.1. The maximum absolute atomic E-state index is 11.1. The third kappa shape index (κ3) is 3.99. The summed E-state index contributed by atoms with van der Waals surface area (Å²) in [6.07, 6.45) is 3.50. The minimum Gasteiger partial charge on any atom is -0.491 e. The molecule has 0 spiro atoms. The van der Waals surface area contributed by atoms with Crippen molar-refractivity contribution in [1.82, 2.24) is 14.9 Å². The summed E-state index contributed by atoms with van der Waals surface area (Å²) in [5.74, 6) is 0.215. The average Bonchev–Trinajstić information content (AvgIpc) is 2.63. The first-order valence-electron chi connectivity index (χ1n) is 7.93. The molecule has 0 unspecified atom stereocenters. The van der Waals surface area contributed by atoms with Gasteiger partial charge in [0.25, 0.3) is 0 Å². The first kappa shape index (κ1) is 16.2. The number of anilines is 1. The molecule has 1 aromatic heterocycles. The number of piperazine rings is 1. The summed E-state index contributed by atoms with van der Waals surface area (Å²) in [7, 11) is 0. The van der Waals surface area contributed by atoms with E-state index in [1.807, 2.05) is 6.07 Å². The topological polar surface area (TPSA) is 78.8 Å². The van der Waals surface area contributed by atoms with E-state index in [0.717, 1.165) is 38.7 Å². The summed E-state index contributed by atoms with van der Waals surface area (Å²) < 4.78 is 5.65. The molecule has 0 amide bonds. The van der Waals surface area contributed by atoms with Crippen molar-refractivity contribution in [3.63, 3.8) is 0 Å². The van der Waals surface area contributed by atoms with Gasteiger partial charge in [-0.3, -0.25) is 4.90 Å². The molecule has 0 atom stereocenters. The molecule has 24 heavy (non-hydrogen) atoms. The number of aromatic nitrogens is 2. The first-order chi connectivity index (χ1) is 11.7. The summed E-state index contributed by atoms with van der Waals surface area (Å²) >= 11 is 0. The Bertz CT molecular complexity index is 673. The number of aromatic carboxylic acids is 1. The Morgan fingerprint density at radius 2 is 1.79 bits per heavy atom. The summed E-state index contributed by atoms with van der Waals surface area (Å²) in [5, 5.41) is 9.14. The van der Waals surface area contributed by atoms with Gasteiger partial charge in [-0.15, -0.1) is 0 Å². The lowest BCUT2D eigenvalue weighted by molar-refractivity contribution is 0.0691. The SMILES string of the molecule is O=C(O)c1ccccc1OCCN1CCN(c2ncccn2)CC1. The number of rotatable bonds is 6. The molecule has 1 saturated heterocycles. The quantitative estimate of drug-likeness (QED) is 0.858. The van der Waals surface area contributed by atoms with Gasteiger partial charge in [0, 0.05) is 45.1 Å². The zero-order valence-electron chi connectivity index (χ0n) is 13.3. The Morgan fingerprint density at radius 1 is 1.08 bits per heavy atom. The van der Waals surface area contributed by atoms with Gasteiger partial charge in [0.1, 0.15) is 17.9 Å². The van der Waals surface area contributed by atoms with Crippen molar-refractivity contribution in [2.75, 3.05) is 44.2 Å². The Hall–Kier alpha value is -2.67. The normalized spacial score (nSPS) is 15.2. The van der Waals surface area contributed by atoms with Crippen LogP contribution in [0.15, 0.2) is 42.7 Å². The van der Waals surface area contributed by atoms with E-state index in [1.165, 1.54) is 0 Å². The molecule has 1 N–H and O–H groups in total. The second-order valence-electron chi connectivity index (χ2n) is 5.53. The van der Waals surface area contributed by atoms with Crippen molar-refractivity contribution in [3.05, 3.63) is 48.3 Å². The number of nitrogens with zero attached hydrogens (tertiary/aromatic N) is 4. The minimum absolute atomic E-state index is 0.198. The third-order valence-corrected chi connectivity index (χ3v) is 3.99. The number of hydrogen-bond acceptors (Lipinski definition) is 6. The van der Waals surface area contributed by atoms with Gasteiger partial charge >= 0.3 is 5.97 Å². The molecule has 126 valence electrons. The zero-order valence-corrected chi connectivity index (χ0v) is 13.3. The van der Waals surface area contributed by atoms with Gasteiger partial charge in [-0.25, -0.2) is 14.8 Å². The summed E-state index contributed by atoms with van der Waals surface area (Å²) in [6.45, 7) is 4.78. The predicted octanol–water partition coefficient (Wildman–Crippen LogP) is 1.38. The smallest absolute Gasteiger partial charge is 0.339 e. The summed E-state index contributed by atoms with van der Waals surface area (Å²) in [4.78, 5) is 24.2. The Morgan fingerprint density at radius 3 is 2.50 bits per heavy atom. The van der Waals surface area contributed by atoms with Gasteiger partial charge in [0.15, 0.2) is 0 Å². The van der Waals surface area contributed by atoms with E-state index in [2.05, 4.69) is 19.8 Å². The molecule has 0 radical (unpaired) electrons. The molecule has 2 heterocycles. The van der Waals surface area contributed by atoms with Crippen LogP contribution in [-0.4, -0.2) is 65.3 Å². The third-order valence-electron chi connectivity index (χ3n) is 3.99. The second kappa shape index (κ2) is 7.74. The molecule has 1 fully saturated rings. The van der Waals surface area contributed by atoms with E-state index in [0.29, 0.717) is 12.4 Å². The lowest BCUT2D eigenvalue weighted by atomic mass is 10.2. The van der Waals surface area contributed by atoms with E-state index >= 15 is 0 Å². The lowest BCUT2D eigenvalue weighted by Crippen LogP contribution is -2.48. The van der Waals surface area contributed by atoms with E-state index in [9.17, 15) is 4.79 Å². The number of carboxylic acid groups (broad SMARTS) is 1. The molecule has 7 heteroatoms. The van der Waals surface area contributed by atoms with Gasteiger partial charge < -0.3 is 14.7 Å². The van der Waals surface area contributed by atoms with Crippen molar-refractivity contribution >= 4 is 11.9 Å². The number of benzene rings is 1. The minimum atomic E-state index is -0.970. The molecule has 1 aliphatic rings. The Labute approximate surface area is 140 Å². The molecular formula is C17H20N4O3. The van der Waals surface area contributed by atoms with E-state index in [1.54, 1.807) is 36.7 Å². The van der Waals surface area contributed by atoms with Crippen molar-refractivity contribution in [1.29, 1.82) is 0 Å². The van der Waals surface area contributed by atoms with Crippen LogP contribution in [-0.2, 0) is 0 Å². The second-order valence-corrected chi connectivity index (χ2v) is 5.53. The molecule has 0 bridgehead atoms. The fourth-order valence-electron chi connectivity index (χ4n) is 2.68. The Balaban J connectivity index is 1.45. The van der Waals surface area contributed by atoms with Crippen LogP contribution in [0.3, 0.4) is 0 Å². The Kier molecular flexibility index (Phi) is 5.22. The maximum Gasteiger partial charge on any atom is 0.339 e. The number of carboxylic acids is 1. The molecule has 3 rings (SSSR count). The van der Waals surface area contributed by atoms with Gasteiger partial charge in [-0.2, -0.15) is 0 Å². The van der Waals surface area contributed by atoms with Gasteiger partial charge in [-0.1, -0.05) is 12.1 Å². The zero-order chi connectivity index (χ0) is 16.8. The number of para-hydroxylation sites is 1. The predicted molar refractivity (Wildman–Crippen MR) is 89.6 cm³/mol. The first-order valence-corrected chi connectivity index (χ1v) is 7.93. The van der Waals surface area contributed by atoms with Gasteiger partial charge in [0.2, 0.25) is 5.95 Å². The van der Waals surface area contributed by atoms with E-state index < -0.39 is 5.97 Å². The number of hydrogen-bond donors (Lipinski definition) is 1. The number of carbonyl (C=O) groups is 1. The van der Waals surface area contributed by atoms with Crippen molar-refractivity contribution in [2.45, 2.75) is 0 Å². The highest BCUT2D eigenvalue weighted by atomic mass is 16.5. The van der Waals surface area contributed by atoms with Crippen LogP contribution in [0.2, 0.25) is 0 Å². The van der Waals surface area contributed by atoms with Crippen LogP contribution in [0.1, 0.15) is 10.4 Å². The standard InChI is InChI=1S/C17H20N4O3/c22-16(23)14-4-1-2-5-15(14)24-13-12-20-8-10-21(11-9-20)17-18-6-3-7-19-17/h1-7H,8-13H2,(H,22,23). The van der Waals surface area contributed by atoms with Crippen LogP contribution in [0, 0.1) is 0 Å². The molecule has 0 aliphatic carbocycles. The van der Waals surface area contributed by atoms with Crippen molar-refractivity contribution in [3.8, 4) is 5.75 Å². The van der Waals surface area contributed by atoms with Crippen LogP contribution < -0.4 is 9.64 Å². The fraction of sp³-hybridized carbons (Fsp3) is 0.353. The van der Waals surface area contributed by atoms with Gasteiger partial charge in [-0.05, 0) is 18.2 Å². The van der Waals surface area contributed by atoms with E-state index in [-0.39, 0.29) is 5.56 Å². The molecular weight excluding hydrogens is 308 g/mol. The highest BCUT2D eigenvalue weighted by Gasteiger charge is 2.18. The fourth-order valence-corrected chi connectivity index (χ4v) is 2.68. The van der Waals surface area contributed by atoms with Gasteiger partial charge in [0.05, 0.1) is 0 Å². The molecule has 0 saturated carbocycles. The van der Waals surface area contributed by atoms with Crippen molar-refractivity contribution < 1.29 is 14.6 Å². The lowest BCUT2D eigenvalue weighted by Gasteiger charge is -2.34. The number of ether oxygens (including phenoxy) is 1.